The van der Waals surface area contributed by atoms with Gasteiger partial charge in [-0.3, -0.25) is 0 Å². The second-order valence-electron chi connectivity index (χ2n) is 3.70. The number of thiazole rings is 1. The SMILES string of the molecule is CCc1ccc(-c2ncc(C(C)NC)s2)s1. The van der Waals surface area contributed by atoms with Crippen molar-refractivity contribution in [1.82, 2.24) is 10.3 Å². The average Bonchev–Trinajstić information content (AvgIpc) is 2.95. The maximum atomic E-state index is 4.49. The van der Waals surface area contributed by atoms with E-state index in [1.165, 1.54) is 14.6 Å². The van der Waals surface area contributed by atoms with Crippen LogP contribution in [0.4, 0.5) is 0 Å². The van der Waals surface area contributed by atoms with Crippen molar-refractivity contribution >= 4 is 22.7 Å². The highest BCUT2D eigenvalue weighted by Crippen LogP contribution is 2.33. The molecule has 0 aromatic carbocycles. The van der Waals surface area contributed by atoms with Gasteiger partial charge in [0.2, 0.25) is 0 Å². The van der Waals surface area contributed by atoms with Crippen LogP contribution >= 0.6 is 22.7 Å². The standard InChI is InChI=1S/C12H16N2S2/c1-4-9-5-6-10(15-9)12-14-7-11(16-12)8(2)13-3/h5-8,13H,4H2,1-3H3. The fraction of sp³-hybridized carbons (Fsp3) is 0.417. The molecule has 86 valence electrons. The van der Waals surface area contributed by atoms with Crippen LogP contribution < -0.4 is 5.32 Å². The van der Waals surface area contributed by atoms with E-state index in [1.54, 1.807) is 11.3 Å². The van der Waals surface area contributed by atoms with Gasteiger partial charge in [0.25, 0.3) is 0 Å². The summed E-state index contributed by atoms with van der Waals surface area (Å²) < 4.78 is 0. The van der Waals surface area contributed by atoms with Crippen LogP contribution in [-0.4, -0.2) is 12.0 Å². The molecule has 1 N–H and O–H groups in total. The summed E-state index contributed by atoms with van der Waals surface area (Å²) in [6.07, 6.45) is 3.09. The molecular weight excluding hydrogens is 236 g/mol. The van der Waals surface area contributed by atoms with E-state index in [4.69, 9.17) is 0 Å². The highest BCUT2D eigenvalue weighted by molar-refractivity contribution is 7.21. The summed E-state index contributed by atoms with van der Waals surface area (Å²) in [7, 11) is 1.98. The molecule has 0 fully saturated rings. The van der Waals surface area contributed by atoms with Gasteiger partial charge in [0, 0.05) is 22.0 Å². The Morgan fingerprint density at radius 1 is 1.38 bits per heavy atom. The zero-order valence-corrected chi connectivity index (χ0v) is 11.4. The van der Waals surface area contributed by atoms with Gasteiger partial charge >= 0.3 is 0 Å². The third-order valence-corrected chi connectivity index (χ3v) is 5.18. The Morgan fingerprint density at radius 2 is 2.19 bits per heavy atom. The lowest BCUT2D eigenvalue weighted by Gasteiger charge is -2.04. The van der Waals surface area contributed by atoms with Crippen molar-refractivity contribution in [1.29, 1.82) is 0 Å². The van der Waals surface area contributed by atoms with E-state index in [1.807, 2.05) is 24.6 Å². The molecule has 16 heavy (non-hydrogen) atoms. The molecule has 2 aromatic heterocycles. The third-order valence-electron chi connectivity index (χ3n) is 2.60. The Bertz CT molecular complexity index is 459. The van der Waals surface area contributed by atoms with Crippen molar-refractivity contribution < 1.29 is 0 Å². The predicted molar refractivity (Wildman–Crippen MR) is 72.3 cm³/mol. The quantitative estimate of drug-likeness (QED) is 0.897. The smallest absolute Gasteiger partial charge is 0.133 e. The first-order valence-corrected chi connectivity index (χ1v) is 7.10. The van der Waals surface area contributed by atoms with Crippen LogP contribution in [0.15, 0.2) is 18.3 Å². The number of aromatic nitrogens is 1. The number of hydrogen-bond donors (Lipinski definition) is 1. The fourth-order valence-corrected chi connectivity index (χ4v) is 3.41. The van der Waals surface area contributed by atoms with E-state index in [9.17, 15) is 0 Å². The molecule has 2 rings (SSSR count). The molecule has 0 bridgehead atoms. The molecule has 2 nitrogen and oxygen atoms in total. The molecule has 2 aromatic rings. The molecule has 0 saturated carbocycles. The average molecular weight is 252 g/mol. The topological polar surface area (TPSA) is 24.9 Å². The van der Waals surface area contributed by atoms with Crippen LogP contribution in [0.25, 0.3) is 9.88 Å². The van der Waals surface area contributed by atoms with Crippen molar-refractivity contribution in [2.75, 3.05) is 7.05 Å². The second-order valence-corrected chi connectivity index (χ2v) is 5.93. The minimum atomic E-state index is 0.386. The summed E-state index contributed by atoms with van der Waals surface area (Å²) in [6, 6.07) is 4.76. The summed E-state index contributed by atoms with van der Waals surface area (Å²) in [5, 5.41) is 4.38. The van der Waals surface area contributed by atoms with Crippen molar-refractivity contribution in [3.8, 4) is 9.88 Å². The summed E-state index contributed by atoms with van der Waals surface area (Å²) in [6.45, 7) is 4.34. The minimum Gasteiger partial charge on any atom is -0.312 e. The Kier molecular flexibility index (Phi) is 3.74. The van der Waals surface area contributed by atoms with Gasteiger partial charge in [0.15, 0.2) is 0 Å². The molecule has 0 saturated heterocycles. The highest BCUT2D eigenvalue weighted by Gasteiger charge is 2.10. The number of rotatable bonds is 4. The van der Waals surface area contributed by atoms with Crippen LogP contribution in [0, 0.1) is 0 Å². The van der Waals surface area contributed by atoms with Gasteiger partial charge in [-0.25, -0.2) is 4.98 Å². The van der Waals surface area contributed by atoms with Gasteiger partial charge in [-0.2, -0.15) is 0 Å². The molecule has 1 unspecified atom stereocenters. The van der Waals surface area contributed by atoms with Crippen molar-refractivity contribution in [2.24, 2.45) is 0 Å². The molecule has 0 aliphatic heterocycles. The normalized spacial score (nSPS) is 12.9. The van der Waals surface area contributed by atoms with E-state index in [2.05, 4.69) is 36.3 Å². The zero-order chi connectivity index (χ0) is 11.5. The van der Waals surface area contributed by atoms with Crippen LogP contribution in [0.1, 0.15) is 29.6 Å². The summed E-state index contributed by atoms with van der Waals surface area (Å²) >= 11 is 3.63. The van der Waals surface area contributed by atoms with Crippen LogP contribution in [0.3, 0.4) is 0 Å². The Morgan fingerprint density at radius 3 is 2.81 bits per heavy atom. The molecule has 4 heteroatoms. The molecule has 0 radical (unpaired) electrons. The first-order chi connectivity index (χ1) is 7.74. The lowest BCUT2D eigenvalue weighted by molar-refractivity contribution is 0.662. The number of aryl methyl sites for hydroxylation is 1. The molecule has 0 aliphatic rings. The van der Waals surface area contributed by atoms with E-state index in [0.29, 0.717) is 6.04 Å². The van der Waals surface area contributed by atoms with E-state index in [-0.39, 0.29) is 0 Å². The second kappa shape index (κ2) is 5.08. The van der Waals surface area contributed by atoms with Crippen LogP contribution in [0.2, 0.25) is 0 Å². The largest absolute Gasteiger partial charge is 0.312 e. The molecule has 0 amide bonds. The van der Waals surface area contributed by atoms with E-state index >= 15 is 0 Å². The van der Waals surface area contributed by atoms with Crippen molar-refractivity contribution in [2.45, 2.75) is 26.3 Å². The first kappa shape index (κ1) is 11.8. The molecule has 2 heterocycles. The number of hydrogen-bond acceptors (Lipinski definition) is 4. The summed E-state index contributed by atoms with van der Waals surface area (Å²) in [5.74, 6) is 0. The van der Waals surface area contributed by atoms with Crippen LogP contribution in [-0.2, 0) is 6.42 Å². The van der Waals surface area contributed by atoms with Gasteiger partial charge in [0.05, 0.1) is 4.88 Å². The number of nitrogens with one attached hydrogen (secondary N) is 1. The van der Waals surface area contributed by atoms with E-state index in [0.717, 1.165) is 11.4 Å². The third kappa shape index (κ3) is 2.34. The summed E-state index contributed by atoms with van der Waals surface area (Å²) in [4.78, 5) is 8.50. The predicted octanol–water partition coefficient (Wildman–Crippen LogP) is 3.71. The van der Waals surface area contributed by atoms with Gasteiger partial charge in [-0.1, -0.05) is 6.92 Å². The molecular formula is C12H16N2S2. The Balaban J connectivity index is 2.24. The number of thiophene rings is 1. The molecule has 0 aliphatic carbocycles. The lowest BCUT2D eigenvalue weighted by Crippen LogP contribution is -2.10. The Labute approximate surface area is 104 Å². The fourth-order valence-electron chi connectivity index (χ4n) is 1.43. The van der Waals surface area contributed by atoms with Gasteiger partial charge in [-0.05, 0) is 32.5 Å². The monoisotopic (exact) mass is 252 g/mol. The number of nitrogens with zero attached hydrogens (tertiary/aromatic N) is 1. The lowest BCUT2D eigenvalue weighted by atomic mass is 10.3. The minimum absolute atomic E-state index is 0.386. The van der Waals surface area contributed by atoms with Crippen molar-refractivity contribution in [3.05, 3.63) is 28.1 Å². The van der Waals surface area contributed by atoms with Gasteiger partial charge < -0.3 is 5.32 Å². The van der Waals surface area contributed by atoms with E-state index < -0.39 is 0 Å². The van der Waals surface area contributed by atoms with Crippen LogP contribution in [0.5, 0.6) is 0 Å². The highest BCUT2D eigenvalue weighted by atomic mass is 32.1. The molecule has 0 spiro atoms. The Hall–Kier alpha value is -0.710. The maximum Gasteiger partial charge on any atom is 0.133 e. The first-order valence-electron chi connectivity index (χ1n) is 5.46. The van der Waals surface area contributed by atoms with Gasteiger partial charge in [-0.15, -0.1) is 22.7 Å². The summed E-state index contributed by atoms with van der Waals surface area (Å²) in [5.41, 5.74) is 0. The van der Waals surface area contributed by atoms with Gasteiger partial charge in [0.1, 0.15) is 5.01 Å². The maximum absolute atomic E-state index is 4.49. The van der Waals surface area contributed by atoms with Crippen molar-refractivity contribution in [3.63, 3.8) is 0 Å². The zero-order valence-electron chi connectivity index (χ0n) is 9.78. The molecule has 1 atom stereocenters.